The van der Waals surface area contributed by atoms with Crippen molar-refractivity contribution >= 4 is 0 Å². The molecular weight excluding hydrogens is 140 g/mol. The van der Waals surface area contributed by atoms with Gasteiger partial charge in [-0.05, 0) is 6.08 Å². The quantitative estimate of drug-likeness (QED) is 0.599. The first-order chi connectivity index (χ1) is 5.27. The van der Waals surface area contributed by atoms with E-state index in [1.165, 1.54) is 0 Å². The van der Waals surface area contributed by atoms with Gasteiger partial charge in [0.15, 0.2) is 0 Å². The van der Waals surface area contributed by atoms with Gasteiger partial charge >= 0.3 is 0 Å². The van der Waals surface area contributed by atoms with Gasteiger partial charge in [-0.2, -0.15) is 0 Å². The molecule has 0 aromatic rings. The van der Waals surface area contributed by atoms with Gasteiger partial charge in [-0.3, -0.25) is 0 Å². The predicted molar refractivity (Wildman–Crippen MR) is 44.2 cm³/mol. The molecule has 0 saturated carbocycles. The van der Waals surface area contributed by atoms with Crippen molar-refractivity contribution in [3.63, 3.8) is 0 Å². The van der Waals surface area contributed by atoms with Crippen LogP contribution in [0.2, 0.25) is 0 Å². The Morgan fingerprint density at radius 3 is 2.73 bits per heavy atom. The molecule has 60 valence electrons. The monoisotopic (exact) mass is 152 g/mol. The summed E-state index contributed by atoms with van der Waals surface area (Å²) in [7, 11) is 3.29. The van der Waals surface area contributed by atoms with E-state index in [2.05, 4.69) is 6.58 Å². The van der Waals surface area contributed by atoms with Gasteiger partial charge in [-0.25, -0.2) is 0 Å². The van der Waals surface area contributed by atoms with E-state index in [9.17, 15) is 0 Å². The topological polar surface area (TPSA) is 18.5 Å². The van der Waals surface area contributed by atoms with E-state index in [4.69, 9.17) is 9.47 Å². The minimum absolute atomic E-state index is 0.0236. The number of methoxy groups -OCH3 is 2. The van der Waals surface area contributed by atoms with E-state index >= 15 is 0 Å². The second-order valence-corrected chi connectivity index (χ2v) is 2.32. The lowest BCUT2D eigenvalue weighted by atomic mass is 10.1. The van der Waals surface area contributed by atoms with Crippen molar-refractivity contribution in [3.05, 3.63) is 36.1 Å². The van der Waals surface area contributed by atoms with Crippen molar-refractivity contribution in [1.82, 2.24) is 0 Å². The van der Waals surface area contributed by atoms with Crippen LogP contribution in [0.25, 0.3) is 0 Å². The number of hydrogen-bond acceptors (Lipinski definition) is 2. The molecule has 2 nitrogen and oxygen atoms in total. The zero-order chi connectivity index (χ0) is 8.27. The zero-order valence-corrected chi connectivity index (χ0v) is 6.83. The van der Waals surface area contributed by atoms with Crippen molar-refractivity contribution in [2.24, 2.45) is 0 Å². The fourth-order valence-electron chi connectivity index (χ4n) is 0.951. The van der Waals surface area contributed by atoms with Crippen molar-refractivity contribution in [3.8, 4) is 0 Å². The van der Waals surface area contributed by atoms with Crippen molar-refractivity contribution in [1.29, 1.82) is 0 Å². The molecule has 1 aliphatic rings. The summed E-state index contributed by atoms with van der Waals surface area (Å²) in [5, 5.41) is 0. The van der Waals surface area contributed by atoms with Crippen LogP contribution in [-0.4, -0.2) is 20.3 Å². The van der Waals surface area contributed by atoms with Gasteiger partial charge in [0.1, 0.15) is 5.76 Å². The molecular formula is C9H12O2. The molecule has 0 aromatic carbocycles. The summed E-state index contributed by atoms with van der Waals surface area (Å²) >= 11 is 0. The van der Waals surface area contributed by atoms with Crippen molar-refractivity contribution in [2.75, 3.05) is 14.2 Å². The molecule has 1 atom stereocenters. The molecule has 0 heterocycles. The summed E-state index contributed by atoms with van der Waals surface area (Å²) < 4.78 is 10.2. The summed E-state index contributed by atoms with van der Waals surface area (Å²) in [6.45, 7) is 3.80. The van der Waals surface area contributed by atoms with Gasteiger partial charge in [0, 0.05) is 12.7 Å². The third kappa shape index (κ3) is 1.71. The molecule has 2 heteroatoms. The second kappa shape index (κ2) is 3.39. The summed E-state index contributed by atoms with van der Waals surface area (Å²) in [5.74, 6) is 0.791. The molecule has 0 spiro atoms. The van der Waals surface area contributed by atoms with Crippen LogP contribution in [-0.2, 0) is 9.47 Å². The summed E-state index contributed by atoms with van der Waals surface area (Å²) in [4.78, 5) is 0. The zero-order valence-electron chi connectivity index (χ0n) is 6.83. The normalized spacial score (nSPS) is 23.3. The molecule has 0 aromatic heterocycles. The van der Waals surface area contributed by atoms with Crippen LogP contribution in [0.1, 0.15) is 0 Å². The summed E-state index contributed by atoms with van der Waals surface area (Å²) in [5.41, 5.74) is 0.890. The summed E-state index contributed by atoms with van der Waals surface area (Å²) in [6.07, 6.45) is 5.75. The minimum Gasteiger partial charge on any atom is -0.496 e. The molecule has 1 rings (SSSR count). The number of ether oxygens (including phenoxy) is 2. The average Bonchev–Trinajstić information content (AvgIpc) is 2.05. The third-order valence-corrected chi connectivity index (χ3v) is 1.61. The highest BCUT2D eigenvalue weighted by Gasteiger charge is 2.09. The minimum atomic E-state index is 0.0236. The maximum absolute atomic E-state index is 5.09. The molecule has 11 heavy (non-hydrogen) atoms. The Morgan fingerprint density at radius 1 is 1.45 bits per heavy atom. The lowest BCUT2D eigenvalue weighted by Crippen LogP contribution is -2.09. The van der Waals surface area contributed by atoms with Gasteiger partial charge in [0.05, 0.1) is 13.2 Å². The molecule has 0 saturated heterocycles. The van der Waals surface area contributed by atoms with E-state index in [0.29, 0.717) is 0 Å². The lowest BCUT2D eigenvalue weighted by molar-refractivity contribution is 0.170. The molecule has 0 amide bonds. The molecule has 0 radical (unpaired) electrons. The lowest BCUT2D eigenvalue weighted by Gasteiger charge is -2.14. The SMILES string of the molecule is C=C1C=CC(OC)C=C1OC. The maximum atomic E-state index is 5.09. The van der Waals surface area contributed by atoms with Gasteiger partial charge < -0.3 is 9.47 Å². The van der Waals surface area contributed by atoms with E-state index in [0.717, 1.165) is 11.3 Å². The summed E-state index contributed by atoms with van der Waals surface area (Å²) in [6, 6.07) is 0. The van der Waals surface area contributed by atoms with Crippen molar-refractivity contribution in [2.45, 2.75) is 6.10 Å². The van der Waals surface area contributed by atoms with Gasteiger partial charge in [-0.1, -0.05) is 18.7 Å². The number of hydrogen-bond donors (Lipinski definition) is 0. The molecule has 0 fully saturated rings. The molecule has 0 N–H and O–H groups in total. The van der Waals surface area contributed by atoms with Gasteiger partial charge in [-0.15, -0.1) is 0 Å². The Hall–Kier alpha value is -1.02. The van der Waals surface area contributed by atoms with E-state index in [1.54, 1.807) is 14.2 Å². The molecule has 0 aliphatic heterocycles. The largest absolute Gasteiger partial charge is 0.496 e. The first-order valence-corrected chi connectivity index (χ1v) is 3.44. The van der Waals surface area contributed by atoms with Crippen LogP contribution in [0.15, 0.2) is 36.1 Å². The Bertz CT molecular complexity index is 214. The Morgan fingerprint density at radius 2 is 2.18 bits per heavy atom. The molecule has 0 bridgehead atoms. The van der Waals surface area contributed by atoms with Crippen LogP contribution in [0.3, 0.4) is 0 Å². The third-order valence-electron chi connectivity index (χ3n) is 1.61. The van der Waals surface area contributed by atoms with Crippen LogP contribution >= 0.6 is 0 Å². The standard InChI is InChI=1S/C9H12O2/c1-7-4-5-8(10-2)6-9(7)11-3/h4-6,8H,1H2,2-3H3. The Labute approximate surface area is 66.8 Å². The first kappa shape index (κ1) is 8.08. The highest BCUT2D eigenvalue weighted by atomic mass is 16.5. The van der Waals surface area contributed by atoms with E-state index in [-0.39, 0.29) is 6.10 Å². The highest BCUT2D eigenvalue weighted by molar-refractivity contribution is 5.39. The fraction of sp³-hybridized carbons (Fsp3) is 0.333. The second-order valence-electron chi connectivity index (χ2n) is 2.32. The Kier molecular flexibility index (Phi) is 2.49. The van der Waals surface area contributed by atoms with E-state index < -0.39 is 0 Å². The first-order valence-electron chi connectivity index (χ1n) is 3.44. The Balaban J connectivity index is 2.75. The van der Waals surface area contributed by atoms with Crippen LogP contribution in [0.5, 0.6) is 0 Å². The predicted octanol–water partition coefficient (Wildman–Crippen LogP) is 1.66. The van der Waals surface area contributed by atoms with Crippen LogP contribution in [0, 0.1) is 0 Å². The van der Waals surface area contributed by atoms with Crippen molar-refractivity contribution < 1.29 is 9.47 Å². The average molecular weight is 152 g/mol. The smallest absolute Gasteiger partial charge is 0.124 e. The number of allylic oxidation sites excluding steroid dienone is 1. The fourth-order valence-corrected chi connectivity index (χ4v) is 0.951. The number of rotatable bonds is 2. The molecule has 1 aliphatic carbocycles. The highest BCUT2D eigenvalue weighted by Crippen LogP contribution is 2.17. The van der Waals surface area contributed by atoms with Crippen LogP contribution in [0.4, 0.5) is 0 Å². The van der Waals surface area contributed by atoms with Gasteiger partial charge in [0.25, 0.3) is 0 Å². The van der Waals surface area contributed by atoms with Gasteiger partial charge in [0.2, 0.25) is 0 Å². The molecule has 1 unspecified atom stereocenters. The van der Waals surface area contributed by atoms with E-state index in [1.807, 2.05) is 18.2 Å². The van der Waals surface area contributed by atoms with Crippen LogP contribution < -0.4 is 0 Å². The maximum Gasteiger partial charge on any atom is 0.124 e.